The fraction of sp³-hybridized carbons (Fsp3) is 0.588. The Bertz CT molecular complexity index is 447. The predicted molar refractivity (Wildman–Crippen MR) is 86.8 cm³/mol. The van der Waals surface area contributed by atoms with Crippen LogP contribution < -0.4 is 4.90 Å². The molecule has 0 amide bonds. The summed E-state index contributed by atoms with van der Waals surface area (Å²) in [6, 6.07) is 8.69. The summed E-state index contributed by atoms with van der Waals surface area (Å²) in [5, 5.41) is 0. The number of quaternary nitrogens is 1. The molecule has 1 aromatic rings. The number of hydrogen-bond donors (Lipinski definition) is 1. The summed E-state index contributed by atoms with van der Waals surface area (Å²) in [6.07, 6.45) is 2.13. The predicted octanol–water partition coefficient (Wildman–Crippen LogP) is 1.95. The van der Waals surface area contributed by atoms with E-state index < -0.39 is 0 Å². The van der Waals surface area contributed by atoms with Gasteiger partial charge in [0.25, 0.3) is 0 Å². The molecule has 1 unspecified atom stereocenters. The maximum atomic E-state index is 11.8. The Balaban J connectivity index is 1.72. The number of carbonyl (C=O) groups excluding carboxylic acids is 1. The number of rotatable bonds is 6. The number of esters is 1. The fourth-order valence-corrected chi connectivity index (χ4v) is 3.74. The number of likely N-dealkylation sites (tertiary alicyclic amines) is 1. The second-order valence-corrected chi connectivity index (χ2v) is 6.88. The van der Waals surface area contributed by atoms with Crippen molar-refractivity contribution in [2.45, 2.75) is 31.6 Å². The number of thioether (sulfide) groups is 1. The van der Waals surface area contributed by atoms with Gasteiger partial charge in [0.05, 0.1) is 26.2 Å². The smallest absolute Gasteiger partial charge is 0.314 e. The lowest BCUT2D eigenvalue weighted by Gasteiger charge is -2.28. The number of aryl methyl sites for hydroxylation is 1. The molecule has 0 radical (unpaired) electrons. The number of benzene rings is 1. The molecule has 1 aliphatic heterocycles. The molecule has 21 heavy (non-hydrogen) atoms. The standard InChI is InChI=1S/C17H25NO2S/c1-3-20-17(19)15-5-4-10-18(13-15)11-12-21-16-8-6-14(2)7-9-16/h6-9,15H,3-5,10-13H2,1-2H3/p+1/t15-/m0/s1. The first-order valence-corrected chi connectivity index (χ1v) is 8.87. The molecule has 116 valence electrons. The van der Waals surface area contributed by atoms with Crippen molar-refractivity contribution in [1.29, 1.82) is 0 Å². The summed E-state index contributed by atoms with van der Waals surface area (Å²) >= 11 is 1.91. The van der Waals surface area contributed by atoms with Gasteiger partial charge in [0.15, 0.2) is 0 Å². The molecular weight excluding hydrogens is 282 g/mol. The Morgan fingerprint density at radius 1 is 1.38 bits per heavy atom. The van der Waals surface area contributed by atoms with Crippen molar-refractivity contribution >= 4 is 17.7 Å². The van der Waals surface area contributed by atoms with Gasteiger partial charge in [-0.1, -0.05) is 17.7 Å². The fourth-order valence-electron chi connectivity index (χ4n) is 2.79. The molecule has 4 heteroatoms. The van der Waals surface area contributed by atoms with Crippen molar-refractivity contribution in [2.75, 3.05) is 32.0 Å². The van der Waals surface area contributed by atoms with Crippen molar-refractivity contribution in [3.63, 3.8) is 0 Å². The second-order valence-electron chi connectivity index (χ2n) is 5.71. The molecule has 1 fully saturated rings. The Kier molecular flexibility index (Phi) is 6.58. The van der Waals surface area contributed by atoms with Crippen LogP contribution in [0.15, 0.2) is 29.2 Å². The Hall–Kier alpha value is -1.00. The van der Waals surface area contributed by atoms with Crippen molar-refractivity contribution in [3.05, 3.63) is 29.8 Å². The molecule has 0 spiro atoms. The Morgan fingerprint density at radius 3 is 2.86 bits per heavy atom. The van der Waals surface area contributed by atoms with Crippen LogP contribution in [-0.4, -0.2) is 38.0 Å². The third-order valence-electron chi connectivity index (χ3n) is 3.98. The van der Waals surface area contributed by atoms with Gasteiger partial charge in [-0.3, -0.25) is 4.79 Å². The van der Waals surface area contributed by atoms with Crippen LogP contribution in [-0.2, 0) is 9.53 Å². The number of hydrogen-bond acceptors (Lipinski definition) is 3. The Morgan fingerprint density at radius 2 is 2.14 bits per heavy atom. The molecule has 1 aromatic carbocycles. The van der Waals surface area contributed by atoms with Crippen molar-refractivity contribution in [2.24, 2.45) is 5.92 Å². The lowest BCUT2D eigenvalue weighted by atomic mass is 9.98. The lowest BCUT2D eigenvalue weighted by molar-refractivity contribution is -0.905. The van der Waals surface area contributed by atoms with E-state index in [0.717, 1.165) is 31.7 Å². The normalized spacial score (nSPS) is 22.0. The minimum absolute atomic E-state index is 0.000822. The highest BCUT2D eigenvalue weighted by Gasteiger charge is 2.29. The summed E-state index contributed by atoms with van der Waals surface area (Å²) in [4.78, 5) is 14.7. The summed E-state index contributed by atoms with van der Waals surface area (Å²) in [7, 11) is 0. The number of ether oxygens (including phenoxy) is 1. The SMILES string of the molecule is CCOC(=O)[C@H]1CCC[NH+](CCSc2ccc(C)cc2)C1. The average Bonchev–Trinajstić information content (AvgIpc) is 2.50. The maximum absolute atomic E-state index is 11.8. The van der Waals surface area contributed by atoms with Crippen LogP contribution in [0.4, 0.5) is 0 Å². The third kappa shape index (κ3) is 5.36. The number of piperidine rings is 1. The first-order chi connectivity index (χ1) is 10.2. The van der Waals surface area contributed by atoms with Gasteiger partial charge in [-0.15, -0.1) is 11.8 Å². The minimum Gasteiger partial charge on any atom is -0.466 e. The molecule has 1 heterocycles. The second kappa shape index (κ2) is 8.44. The molecule has 1 aliphatic rings. The highest BCUT2D eigenvalue weighted by atomic mass is 32.2. The molecule has 1 saturated heterocycles. The van der Waals surface area contributed by atoms with E-state index in [2.05, 4.69) is 31.2 Å². The molecule has 0 aromatic heterocycles. The van der Waals surface area contributed by atoms with Crippen LogP contribution in [0.3, 0.4) is 0 Å². The third-order valence-corrected chi connectivity index (χ3v) is 5.00. The highest BCUT2D eigenvalue weighted by molar-refractivity contribution is 7.99. The van der Waals surface area contributed by atoms with Crippen molar-refractivity contribution in [3.8, 4) is 0 Å². The monoisotopic (exact) mass is 308 g/mol. The van der Waals surface area contributed by atoms with Gasteiger partial charge in [0, 0.05) is 10.6 Å². The summed E-state index contributed by atoms with van der Waals surface area (Å²) < 4.78 is 5.16. The molecule has 3 nitrogen and oxygen atoms in total. The first kappa shape index (κ1) is 16.4. The van der Waals surface area contributed by atoms with Gasteiger partial charge < -0.3 is 9.64 Å². The van der Waals surface area contributed by atoms with E-state index in [1.807, 2.05) is 18.7 Å². The summed E-state index contributed by atoms with van der Waals surface area (Å²) in [5.41, 5.74) is 1.30. The lowest BCUT2D eigenvalue weighted by Crippen LogP contribution is -3.14. The quantitative estimate of drug-likeness (QED) is 0.644. The van der Waals surface area contributed by atoms with Gasteiger partial charge >= 0.3 is 5.97 Å². The molecule has 2 rings (SSSR count). The highest BCUT2D eigenvalue weighted by Crippen LogP contribution is 2.17. The minimum atomic E-state index is 0.000822. The number of carbonyl (C=O) groups is 1. The van der Waals surface area contributed by atoms with E-state index in [-0.39, 0.29) is 11.9 Å². The maximum Gasteiger partial charge on any atom is 0.314 e. The molecule has 0 aliphatic carbocycles. The molecule has 1 N–H and O–H groups in total. The van der Waals surface area contributed by atoms with E-state index in [4.69, 9.17) is 4.74 Å². The van der Waals surface area contributed by atoms with E-state index in [0.29, 0.717) is 6.61 Å². The van der Waals surface area contributed by atoms with Gasteiger partial charge in [0.2, 0.25) is 0 Å². The van der Waals surface area contributed by atoms with Crippen LogP contribution >= 0.6 is 11.8 Å². The largest absolute Gasteiger partial charge is 0.466 e. The Labute approximate surface area is 132 Å². The zero-order valence-electron chi connectivity index (χ0n) is 13.1. The molecule has 0 bridgehead atoms. The van der Waals surface area contributed by atoms with E-state index in [9.17, 15) is 4.79 Å². The summed E-state index contributed by atoms with van der Waals surface area (Å²) in [6.45, 7) is 7.73. The van der Waals surface area contributed by atoms with Crippen LogP contribution in [0.1, 0.15) is 25.3 Å². The molecule has 0 saturated carbocycles. The molecular formula is C17H26NO2S+. The van der Waals surface area contributed by atoms with Crippen LogP contribution in [0.5, 0.6) is 0 Å². The van der Waals surface area contributed by atoms with E-state index in [1.165, 1.54) is 17.0 Å². The number of nitrogens with one attached hydrogen (secondary N) is 1. The average molecular weight is 308 g/mol. The zero-order chi connectivity index (χ0) is 15.1. The topological polar surface area (TPSA) is 30.7 Å². The summed E-state index contributed by atoms with van der Waals surface area (Å²) in [5.74, 6) is 1.22. The van der Waals surface area contributed by atoms with Crippen LogP contribution in [0.25, 0.3) is 0 Å². The van der Waals surface area contributed by atoms with Gasteiger partial charge in [-0.05, 0) is 38.8 Å². The van der Waals surface area contributed by atoms with Gasteiger partial charge in [0.1, 0.15) is 5.92 Å². The van der Waals surface area contributed by atoms with Crippen molar-refractivity contribution in [1.82, 2.24) is 0 Å². The first-order valence-electron chi connectivity index (χ1n) is 7.88. The zero-order valence-corrected chi connectivity index (χ0v) is 13.9. The van der Waals surface area contributed by atoms with Gasteiger partial charge in [-0.25, -0.2) is 0 Å². The van der Waals surface area contributed by atoms with Crippen LogP contribution in [0.2, 0.25) is 0 Å². The van der Waals surface area contributed by atoms with Crippen LogP contribution in [0, 0.1) is 12.8 Å². The van der Waals surface area contributed by atoms with E-state index in [1.54, 1.807) is 4.90 Å². The van der Waals surface area contributed by atoms with E-state index >= 15 is 0 Å². The van der Waals surface area contributed by atoms with Gasteiger partial charge in [-0.2, -0.15) is 0 Å². The molecule has 2 atom stereocenters. The van der Waals surface area contributed by atoms with Crippen molar-refractivity contribution < 1.29 is 14.4 Å².